The zero-order chi connectivity index (χ0) is 12.3. The van der Waals surface area contributed by atoms with Crippen molar-refractivity contribution < 1.29 is 9.47 Å². The maximum atomic E-state index is 5.89. The summed E-state index contributed by atoms with van der Waals surface area (Å²) < 4.78 is 10.9. The van der Waals surface area contributed by atoms with Crippen LogP contribution in [0.4, 0.5) is 11.4 Å². The number of ether oxygens (including phenoxy) is 2. The van der Waals surface area contributed by atoms with E-state index >= 15 is 0 Å². The molecule has 2 N–H and O–H groups in total. The van der Waals surface area contributed by atoms with Gasteiger partial charge in [-0.3, -0.25) is 0 Å². The highest BCUT2D eigenvalue weighted by Gasteiger charge is 2.21. The standard InChI is InChI=1S/C13H20N2O2/c1-3-17-13-7-10(14)6-12(8-13)15(2)11-4-5-16-9-11/h6-8,11H,3-5,9,14H2,1-2H3. The molecule has 4 nitrogen and oxygen atoms in total. The quantitative estimate of drug-likeness (QED) is 0.811. The van der Waals surface area contributed by atoms with E-state index in [9.17, 15) is 0 Å². The number of nitrogen functional groups attached to an aromatic ring is 1. The summed E-state index contributed by atoms with van der Waals surface area (Å²) in [5.41, 5.74) is 7.71. The first kappa shape index (κ1) is 12.0. The fourth-order valence-electron chi connectivity index (χ4n) is 2.10. The molecule has 1 atom stereocenters. The zero-order valence-electron chi connectivity index (χ0n) is 10.5. The normalized spacial score (nSPS) is 19.3. The van der Waals surface area contributed by atoms with E-state index in [0.717, 1.165) is 36.8 Å². The van der Waals surface area contributed by atoms with Crippen molar-refractivity contribution in [3.63, 3.8) is 0 Å². The Bertz CT molecular complexity index is 376. The van der Waals surface area contributed by atoms with Crippen molar-refractivity contribution in [3.8, 4) is 5.75 Å². The summed E-state index contributed by atoms with van der Waals surface area (Å²) >= 11 is 0. The molecule has 1 heterocycles. The second-order valence-corrected chi connectivity index (χ2v) is 4.32. The molecule has 1 unspecified atom stereocenters. The molecule has 0 saturated carbocycles. The summed E-state index contributed by atoms with van der Waals surface area (Å²) in [7, 11) is 2.07. The maximum Gasteiger partial charge on any atom is 0.123 e. The van der Waals surface area contributed by atoms with Crippen molar-refractivity contribution >= 4 is 11.4 Å². The topological polar surface area (TPSA) is 47.7 Å². The van der Waals surface area contributed by atoms with E-state index in [-0.39, 0.29) is 0 Å². The second-order valence-electron chi connectivity index (χ2n) is 4.32. The van der Waals surface area contributed by atoms with E-state index in [1.54, 1.807) is 0 Å². The van der Waals surface area contributed by atoms with Gasteiger partial charge in [-0.05, 0) is 19.4 Å². The van der Waals surface area contributed by atoms with Crippen molar-refractivity contribution in [2.75, 3.05) is 37.5 Å². The van der Waals surface area contributed by atoms with Gasteiger partial charge in [0.25, 0.3) is 0 Å². The zero-order valence-corrected chi connectivity index (χ0v) is 10.5. The van der Waals surface area contributed by atoms with Gasteiger partial charge in [0.1, 0.15) is 5.75 Å². The summed E-state index contributed by atoms with van der Waals surface area (Å²) in [5.74, 6) is 0.827. The molecule has 17 heavy (non-hydrogen) atoms. The van der Waals surface area contributed by atoms with Crippen molar-refractivity contribution in [3.05, 3.63) is 18.2 Å². The van der Waals surface area contributed by atoms with E-state index in [4.69, 9.17) is 15.2 Å². The van der Waals surface area contributed by atoms with E-state index < -0.39 is 0 Å². The van der Waals surface area contributed by atoms with E-state index in [0.29, 0.717) is 12.6 Å². The first-order chi connectivity index (χ1) is 8.20. The summed E-state index contributed by atoms with van der Waals surface area (Å²) in [5, 5.41) is 0. The van der Waals surface area contributed by atoms with Crippen LogP contribution in [0, 0.1) is 0 Å². The molecule has 1 fully saturated rings. The largest absolute Gasteiger partial charge is 0.494 e. The van der Waals surface area contributed by atoms with Crippen LogP contribution in [0.1, 0.15) is 13.3 Å². The Labute approximate surface area is 102 Å². The second kappa shape index (κ2) is 5.27. The third-order valence-corrected chi connectivity index (χ3v) is 3.09. The molecule has 1 aromatic carbocycles. The lowest BCUT2D eigenvalue weighted by molar-refractivity contribution is 0.193. The Morgan fingerprint density at radius 2 is 2.29 bits per heavy atom. The van der Waals surface area contributed by atoms with E-state index in [1.165, 1.54) is 0 Å². The smallest absolute Gasteiger partial charge is 0.123 e. The average molecular weight is 236 g/mol. The minimum Gasteiger partial charge on any atom is -0.494 e. The van der Waals surface area contributed by atoms with Crippen LogP contribution in [-0.2, 0) is 4.74 Å². The molecule has 0 spiro atoms. The van der Waals surface area contributed by atoms with E-state index in [1.807, 2.05) is 25.1 Å². The molecule has 0 amide bonds. The molecule has 0 aromatic heterocycles. The third kappa shape index (κ3) is 2.82. The van der Waals surface area contributed by atoms with Gasteiger partial charge in [0.05, 0.1) is 19.3 Å². The van der Waals surface area contributed by atoms with Crippen LogP contribution in [0.5, 0.6) is 5.75 Å². The number of hydrogen-bond acceptors (Lipinski definition) is 4. The summed E-state index contributed by atoms with van der Waals surface area (Å²) in [6.07, 6.45) is 1.06. The minimum atomic E-state index is 0.436. The predicted molar refractivity (Wildman–Crippen MR) is 69.7 cm³/mol. The Morgan fingerprint density at radius 3 is 2.94 bits per heavy atom. The van der Waals surface area contributed by atoms with Gasteiger partial charge < -0.3 is 20.1 Å². The van der Waals surface area contributed by atoms with Crippen LogP contribution < -0.4 is 15.4 Å². The lowest BCUT2D eigenvalue weighted by Crippen LogP contribution is -2.31. The molecule has 1 saturated heterocycles. The Kier molecular flexibility index (Phi) is 3.74. The first-order valence-electron chi connectivity index (χ1n) is 6.04. The van der Waals surface area contributed by atoms with Crippen LogP contribution in [0.3, 0.4) is 0 Å². The lowest BCUT2D eigenvalue weighted by Gasteiger charge is -2.26. The molecule has 1 aromatic rings. The Balaban J connectivity index is 2.18. The monoisotopic (exact) mass is 236 g/mol. The van der Waals surface area contributed by atoms with Crippen LogP contribution >= 0.6 is 0 Å². The molecule has 94 valence electrons. The molecule has 1 aliphatic heterocycles. The fraction of sp³-hybridized carbons (Fsp3) is 0.538. The minimum absolute atomic E-state index is 0.436. The average Bonchev–Trinajstić information content (AvgIpc) is 2.81. The summed E-state index contributed by atoms with van der Waals surface area (Å²) in [4.78, 5) is 2.21. The van der Waals surface area contributed by atoms with Gasteiger partial charge in [0, 0.05) is 37.2 Å². The fourth-order valence-corrected chi connectivity index (χ4v) is 2.10. The summed E-state index contributed by atoms with van der Waals surface area (Å²) in [6, 6.07) is 6.29. The van der Waals surface area contributed by atoms with Gasteiger partial charge in [-0.15, -0.1) is 0 Å². The number of nitrogens with two attached hydrogens (primary N) is 1. The number of nitrogens with zero attached hydrogens (tertiary/aromatic N) is 1. The molecule has 2 rings (SSSR count). The number of hydrogen-bond donors (Lipinski definition) is 1. The summed E-state index contributed by atoms with van der Waals surface area (Å²) in [6.45, 7) is 4.25. The number of likely N-dealkylation sites (N-methyl/N-ethyl adjacent to an activating group) is 1. The number of anilines is 2. The van der Waals surface area contributed by atoms with Crippen LogP contribution in [-0.4, -0.2) is 32.9 Å². The van der Waals surface area contributed by atoms with Crippen molar-refractivity contribution in [2.24, 2.45) is 0 Å². The maximum absolute atomic E-state index is 5.89. The highest BCUT2D eigenvalue weighted by Crippen LogP contribution is 2.27. The van der Waals surface area contributed by atoms with Crippen LogP contribution in [0.25, 0.3) is 0 Å². The molecule has 0 radical (unpaired) electrons. The van der Waals surface area contributed by atoms with Gasteiger partial charge in [-0.1, -0.05) is 0 Å². The Hall–Kier alpha value is -1.42. The van der Waals surface area contributed by atoms with E-state index in [2.05, 4.69) is 11.9 Å². The molecular formula is C13H20N2O2. The SMILES string of the molecule is CCOc1cc(N)cc(N(C)C2CCOC2)c1. The Morgan fingerprint density at radius 1 is 1.47 bits per heavy atom. The first-order valence-corrected chi connectivity index (χ1v) is 6.04. The van der Waals surface area contributed by atoms with Gasteiger partial charge in [-0.2, -0.15) is 0 Å². The third-order valence-electron chi connectivity index (χ3n) is 3.09. The van der Waals surface area contributed by atoms with Gasteiger partial charge in [0.15, 0.2) is 0 Å². The highest BCUT2D eigenvalue weighted by atomic mass is 16.5. The molecule has 0 bridgehead atoms. The van der Waals surface area contributed by atoms with Gasteiger partial charge in [0.2, 0.25) is 0 Å². The molecular weight excluding hydrogens is 216 g/mol. The molecule has 4 heteroatoms. The number of rotatable bonds is 4. The molecule has 0 aliphatic carbocycles. The predicted octanol–water partition coefficient (Wildman–Crippen LogP) is 1.89. The number of benzene rings is 1. The lowest BCUT2D eigenvalue weighted by atomic mass is 10.2. The van der Waals surface area contributed by atoms with Gasteiger partial charge >= 0.3 is 0 Å². The van der Waals surface area contributed by atoms with Crippen LogP contribution in [0.2, 0.25) is 0 Å². The van der Waals surface area contributed by atoms with Crippen LogP contribution in [0.15, 0.2) is 18.2 Å². The van der Waals surface area contributed by atoms with Crippen molar-refractivity contribution in [2.45, 2.75) is 19.4 Å². The van der Waals surface area contributed by atoms with Crippen molar-refractivity contribution in [1.82, 2.24) is 0 Å². The van der Waals surface area contributed by atoms with Crippen molar-refractivity contribution in [1.29, 1.82) is 0 Å². The molecule has 1 aliphatic rings. The highest BCUT2D eigenvalue weighted by molar-refractivity contribution is 5.60. The van der Waals surface area contributed by atoms with Gasteiger partial charge in [-0.25, -0.2) is 0 Å².